The molecular weight excluding hydrogens is 371 g/mol. The molecule has 0 aliphatic rings. The van der Waals surface area contributed by atoms with Gasteiger partial charge in [0.1, 0.15) is 11.6 Å². The van der Waals surface area contributed by atoms with Crippen molar-refractivity contribution in [2.45, 2.75) is 0 Å². The Hall–Kier alpha value is -3.38. The number of amides is 2. The number of rotatable bonds is 4. The molecule has 0 radical (unpaired) electrons. The molecule has 136 valence electrons. The van der Waals surface area contributed by atoms with E-state index in [1.54, 1.807) is 24.3 Å². The van der Waals surface area contributed by atoms with E-state index >= 15 is 0 Å². The second-order valence-electron chi connectivity index (χ2n) is 5.65. The average Bonchev–Trinajstić information content (AvgIpc) is 2.64. The number of hydrogen-bond donors (Lipinski definition) is 3. The quantitative estimate of drug-likeness (QED) is 0.610. The van der Waals surface area contributed by atoms with E-state index in [4.69, 9.17) is 11.6 Å². The molecule has 2 amide bonds. The smallest absolute Gasteiger partial charge is 0.259 e. The highest BCUT2D eigenvalue weighted by Gasteiger charge is 2.13. The molecule has 0 heterocycles. The second kappa shape index (κ2) is 7.88. The number of anilines is 2. The average molecular weight is 385 g/mol. The van der Waals surface area contributed by atoms with E-state index in [9.17, 15) is 19.1 Å². The first-order valence-corrected chi connectivity index (χ1v) is 8.27. The summed E-state index contributed by atoms with van der Waals surface area (Å²) in [5, 5.41) is 15.9. The molecule has 0 spiro atoms. The largest absolute Gasteiger partial charge is 0.507 e. The molecule has 0 aromatic heterocycles. The summed E-state index contributed by atoms with van der Waals surface area (Å²) in [6.07, 6.45) is 0. The molecule has 5 nitrogen and oxygen atoms in total. The summed E-state index contributed by atoms with van der Waals surface area (Å²) in [5.41, 5.74) is 1.13. The van der Waals surface area contributed by atoms with Gasteiger partial charge in [0.25, 0.3) is 11.8 Å². The number of phenols is 1. The Morgan fingerprint density at radius 3 is 2.04 bits per heavy atom. The number of benzene rings is 3. The van der Waals surface area contributed by atoms with E-state index in [2.05, 4.69) is 10.6 Å². The molecule has 3 aromatic rings. The summed E-state index contributed by atoms with van der Waals surface area (Å²) >= 11 is 5.80. The van der Waals surface area contributed by atoms with Crippen LogP contribution in [0.3, 0.4) is 0 Å². The SMILES string of the molecule is O=C(Nc1ccc(C(=O)Nc2ccc(Cl)cc2)c(O)c1)c1ccc(F)cc1. The normalized spacial score (nSPS) is 10.3. The zero-order chi connectivity index (χ0) is 19.4. The fourth-order valence-electron chi connectivity index (χ4n) is 2.34. The van der Waals surface area contributed by atoms with Gasteiger partial charge in [-0.05, 0) is 60.7 Å². The standard InChI is InChI=1S/C20H14ClFN2O3/c21-13-3-7-15(8-4-13)23-20(27)17-10-9-16(11-18(17)25)24-19(26)12-1-5-14(22)6-2-12/h1-11,25H,(H,23,27)(H,24,26). The summed E-state index contributed by atoms with van der Waals surface area (Å²) in [6.45, 7) is 0. The van der Waals surface area contributed by atoms with Crippen LogP contribution in [0.4, 0.5) is 15.8 Å². The van der Waals surface area contributed by atoms with Gasteiger partial charge in [0.15, 0.2) is 0 Å². The zero-order valence-electron chi connectivity index (χ0n) is 13.9. The molecule has 0 saturated carbocycles. The number of phenolic OH excluding ortho intramolecular Hbond substituents is 1. The third kappa shape index (κ3) is 4.62. The third-order valence-corrected chi connectivity index (χ3v) is 3.96. The second-order valence-corrected chi connectivity index (χ2v) is 6.09. The van der Waals surface area contributed by atoms with Gasteiger partial charge in [0.2, 0.25) is 0 Å². The van der Waals surface area contributed by atoms with Gasteiger partial charge in [-0.25, -0.2) is 4.39 Å². The molecule has 0 bridgehead atoms. The van der Waals surface area contributed by atoms with Crippen LogP contribution < -0.4 is 10.6 Å². The van der Waals surface area contributed by atoms with Crippen LogP contribution in [0.2, 0.25) is 5.02 Å². The molecule has 27 heavy (non-hydrogen) atoms. The molecule has 0 fully saturated rings. The number of nitrogens with one attached hydrogen (secondary N) is 2. The number of carbonyl (C=O) groups is 2. The van der Waals surface area contributed by atoms with Gasteiger partial charge in [-0.1, -0.05) is 11.6 Å². The minimum absolute atomic E-state index is 0.0460. The topological polar surface area (TPSA) is 78.4 Å². The molecule has 0 aliphatic heterocycles. The van der Waals surface area contributed by atoms with Crippen LogP contribution in [-0.4, -0.2) is 16.9 Å². The highest BCUT2D eigenvalue weighted by molar-refractivity contribution is 6.30. The summed E-state index contributed by atoms with van der Waals surface area (Å²) in [6, 6.07) is 15.7. The van der Waals surface area contributed by atoms with Crippen LogP contribution >= 0.6 is 11.6 Å². The summed E-state index contributed by atoms with van der Waals surface area (Å²) < 4.78 is 12.9. The minimum Gasteiger partial charge on any atom is -0.507 e. The van der Waals surface area contributed by atoms with Gasteiger partial charge in [0.05, 0.1) is 5.56 Å². The lowest BCUT2D eigenvalue weighted by Crippen LogP contribution is -2.14. The van der Waals surface area contributed by atoms with E-state index in [-0.39, 0.29) is 16.9 Å². The van der Waals surface area contributed by atoms with Crippen molar-refractivity contribution in [1.82, 2.24) is 0 Å². The van der Waals surface area contributed by atoms with Crippen LogP contribution in [-0.2, 0) is 0 Å². The molecule has 0 unspecified atom stereocenters. The Morgan fingerprint density at radius 1 is 0.815 bits per heavy atom. The maximum absolute atomic E-state index is 12.9. The van der Waals surface area contributed by atoms with Crippen molar-refractivity contribution in [2.24, 2.45) is 0 Å². The van der Waals surface area contributed by atoms with Gasteiger partial charge >= 0.3 is 0 Å². The highest BCUT2D eigenvalue weighted by atomic mass is 35.5. The predicted octanol–water partition coefficient (Wildman–Crippen LogP) is 4.69. The molecule has 3 N–H and O–H groups in total. The van der Waals surface area contributed by atoms with Gasteiger partial charge in [-0.3, -0.25) is 9.59 Å². The first kappa shape index (κ1) is 18.4. The monoisotopic (exact) mass is 384 g/mol. The Morgan fingerprint density at radius 2 is 1.41 bits per heavy atom. The molecule has 3 aromatic carbocycles. The third-order valence-electron chi connectivity index (χ3n) is 3.71. The van der Waals surface area contributed by atoms with Gasteiger partial charge in [-0.2, -0.15) is 0 Å². The number of aromatic hydroxyl groups is 1. The minimum atomic E-state index is -0.508. The Kier molecular flexibility index (Phi) is 5.38. The van der Waals surface area contributed by atoms with Gasteiger partial charge in [-0.15, -0.1) is 0 Å². The fourth-order valence-corrected chi connectivity index (χ4v) is 2.46. The van der Waals surface area contributed by atoms with Crippen molar-refractivity contribution in [2.75, 3.05) is 10.6 Å². The molecule has 0 atom stereocenters. The fraction of sp³-hybridized carbons (Fsp3) is 0. The maximum atomic E-state index is 12.9. The molecular formula is C20H14ClFN2O3. The Balaban J connectivity index is 1.71. The number of hydrogen-bond acceptors (Lipinski definition) is 3. The van der Waals surface area contributed by atoms with Crippen molar-refractivity contribution in [1.29, 1.82) is 0 Å². The lowest BCUT2D eigenvalue weighted by molar-refractivity contribution is 0.101. The van der Waals surface area contributed by atoms with Crippen molar-refractivity contribution in [3.05, 3.63) is 88.7 Å². The Labute approximate surface area is 159 Å². The van der Waals surface area contributed by atoms with Crippen molar-refractivity contribution in [3.8, 4) is 5.75 Å². The van der Waals surface area contributed by atoms with Crippen molar-refractivity contribution < 1.29 is 19.1 Å². The van der Waals surface area contributed by atoms with Gasteiger partial charge in [0, 0.05) is 28.0 Å². The number of carbonyl (C=O) groups excluding carboxylic acids is 2. The maximum Gasteiger partial charge on any atom is 0.259 e. The van der Waals surface area contributed by atoms with E-state index in [0.29, 0.717) is 16.4 Å². The predicted molar refractivity (Wildman–Crippen MR) is 102 cm³/mol. The summed E-state index contributed by atoms with van der Waals surface area (Å²) in [5.74, 6) is -1.71. The summed E-state index contributed by atoms with van der Waals surface area (Å²) in [4.78, 5) is 24.4. The molecule has 7 heteroatoms. The molecule has 3 rings (SSSR count). The molecule has 0 saturated heterocycles. The summed E-state index contributed by atoms with van der Waals surface area (Å²) in [7, 11) is 0. The first-order chi connectivity index (χ1) is 12.9. The van der Waals surface area contributed by atoms with Crippen LogP contribution in [0.1, 0.15) is 20.7 Å². The van der Waals surface area contributed by atoms with Crippen molar-refractivity contribution in [3.63, 3.8) is 0 Å². The van der Waals surface area contributed by atoms with Crippen LogP contribution in [0, 0.1) is 5.82 Å². The Bertz CT molecular complexity index is 989. The van der Waals surface area contributed by atoms with Crippen molar-refractivity contribution >= 4 is 34.8 Å². The van der Waals surface area contributed by atoms with Gasteiger partial charge < -0.3 is 15.7 Å². The first-order valence-electron chi connectivity index (χ1n) is 7.89. The van der Waals surface area contributed by atoms with E-state index in [0.717, 1.165) is 0 Å². The molecule has 0 aliphatic carbocycles. The highest BCUT2D eigenvalue weighted by Crippen LogP contribution is 2.24. The lowest BCUT2D eigenvalue weighted by Gasteiger charge is -2.10. The van der Waals surface area contributed by atoms with E-state index < -0.39 is 17.6 Å². The van der Waals surface area contributed by atoms with Crippen LogP contribution in [0.5, 0.6) is 5.75 Å². The van der Waals surface area contributed by atoms with E-state index in [1.807, 2.05) is 0 Å². The van der Waals surface area contributed by atoms with Crippen LogP contribution in [0.25, 0.3) is 0 Å². The van der Waals surface area contributed by atoms with E-state index in [1.165, 1.54) is 42.5 Å². The zero-order valence-corrected chi connectivity index (χ0v) is 14.6. The lowest BCUT2D eigenvalue weighted by atomic mass is 10.1. The van der Waals surface area contributed by atoms with Crippen LogP contribution in [0.15, 0.2) is 66.7 Å². The number of halogens is 2.